The molecule has 1 aliphatic rings. The number of halogens is 1. The van der Waals surface area contributed by atoms with Gasteiger partial charge in [0.2, 0.25) is 5.91 Å². The van der Waals surface area contributed by atoms with Crippen LogP contribution in [0.3, 0.4) is 0 Å². The summed E-state index contributed by atoms with van der Waals surface area (Å²) in [6.45, 7) is 6.43. The van der Waals surface area contributed by atoms with Crippen LogP contribution in [0.25, 0.3) is 0 Å². The number of carbonyl (C=O) groups is 1. The number of hydrogen-bond acceptors (Lipinski definition) is 2. The zero-order valence-electron chi connectivity index (χ0n) is 13.8. The summed E-state index contributed by atoms with van der Waals surface area (Å²) in [5.74, 6) is 1.22. The number of aliphatic imine (C=N–C) groups is 1. The molecule has 23 heavy (non-hydrogen) atoms. The molecule has 0 unspecified atom stereocenters. The van der Waals surface area contributed by atoms with E-state index in [1.54, 1.807) is 6.07 Å². The fourth-order valence-electron chi connectivity index (χ4n) is 2.57. The number of rotatable bonds is 4. The van der Waals surface area contributed by atoms with Crippen LogP contribution in [-0.4, -0.2) is 36.4 Å². The van der Waals surface area contributed by atoms with Gasteiger partial charge in [-0.05, 0) is 43.4 Å². The van der Waals surface area contributed by atoms with E-state index in [4.69, 9.17) is 17.3 Å². The number of nitrogens with one attached hydrogen (secondary N) is 1. The number of hydrogen-bond donors (Lipinski definition) is 2. The fraction of sp³-hybridized carbons (Fsp3) is 0.529. The smallest absolute Gasteiger partial charge is 0.226 e. The molecule has 0 spiro atoms. The molecular formula is C17H25ClN4O. The molecule has 1 aromatic rings. The van der Waals surface area contributed by atoms with Crippen LogP contribution in [0.2, 0.25) is 5.02 Å². The number of nitrogens with two attached hydrogens (primary N) is 1. The SMILES string of the molecule is Cc1c(Cl)cccc1NC(=O)CCN=C(N)N1CCC(C)CC1. The van der Waals surface area contributed by atoms with Crippen LogP contribution in [0.1, 0.15) is 31.7 Å². The van der Waals surface area contributed by atoms with Gasteiger partial charge in [-0.25, -0.2) is 0 Å². The topological polar surface area (TPSA) is 70.7 Å². The van der Waals surface area contributed by atoms with Crippen molar-refractivity contribution < 1.29 is 4.79 Å². The van der Waals surface area contributed by atoms with Crippen molar-refractivity contribution in [1.82, 2.24) is 4.90 Å². The lowest BCUT2D eigenvalue weighted by molar-refractivity contribution is -0.116. The Morgan fingerprint density at radius 2 is 2.13 bits per heavy atom. The van der Waals surface area contributed by atoms with Gasteiger partial charge in [0.25, 0.3) is 0 Å². The van der Waals surface area contributed by atoms with E-state index in [2.05, 4.69) is 22.1 Å². The van der Waals surface area contributed by atoms with Gasteiger partial charge in [0, 0.05) is 30.2 Å². The molecule has 0 saturated carbocycles. The van der Waals surface area contributed by atoms with Gasteiger partial charge in [-0.15, -0.1) is 0 Å². The highest BCUT2D eigenvalue weighted by Gasteiger charge is 2.16. The molecule has 0 atom stereocenters. The monoisotopic (exact) mass is 336 g/mol. The van der Waals surface area contributed by atoms with E-state index in [0.717, 1.165) is 43.1 Å². The van der Waals surface area contributed by atoms with E-state index < -0.39 is 0 Å². The summed E-state index contributed by atoms with van der Waals surface area (Å²) in [5.41, 5.74) is 7.61. The second-order valence-corrected chi connectivity index (χ2v) is 6.53. The van der Waals surface area contributed by atoms with Gasteiger partial charge in [0.1, 0.15) is 0 Å². The highest BCUT2D eigenvalue weighted by atomic mass is 35.5. The third-order valence-electron chi connectivity index (χ3n) is 4.26. The Balaban J connectivity index is 1.80. The number of benzene rings is 1. The Hall–Kier alpha value is -1.75. The molecule has 0 aromatic heterocycles. The summed E-state index contributed by atoms with van der Waals surface area (Å²) < 4.78 is 0. The quantitative estimate of drug-likeness (QED) is 0.656. The molecule has 3 N–H and O–H groups in total. The number of amides is 1. The largest absolute Gasteiger partial charge is 0.370 e. The van der Waals surface area contributed by atoms with Crippen molar-refractivity contribution in [3.8, 4) is 0 Å². The number of anilines is 1. The van der Waals surface area contributed by atoms with E-state index in [0.29, 0.717) is 23.9 Å². The fourth-order valence-corrected chi connectivity index (χ4v) is 2.74. The molecule has 2 rings (SSSR count). The van der Waals surface area contributed by atoms with Crippen LogP contribution in [0, 0.1) is 12.8 Å². The molecule has 1 heterocycles. The van der Waals surface area contributed by atoms with E-state index in [-0.39, 0.29) is 5.91 Å². The van der Waals surface area contributed by atoms with Crippen molar-refractivity contribution in [3.05, 3.63) is 28.8 Å². The first-order valence-electron chi connectivity index (χ1n) is 8.07. The zero-order valence-corrected chi connectivity index (χ0v) is 14.6. The van der Waals surface area contributed by atoms with Crippen LogP contribution in [-0.2, 0) is 4.79 Å². The van der Waals surface area contributed by atoms with Crippen molar-refractivity contribution in [3.63, 3.8) is 0 Å². The maximum atomic E-state index is 12.0. The zero-order chi connectivity index (χ0) is 16.8. The van der Waals surface area contributed by atoms with Crippen LogP contribution in [0.15, 0.2) is 23.2 Å². The highest BCUT2D eigenvalue weighted by molar-refractivity contribution is 6.31. The van der Waals surface area contributed by atoms with Gasteiger partial charge in [0.05, 0.1) is 6.54 Å². The van der Waals surface area contributed by atoms with Crippen LogP contribution >= 0.6 is 11.6 Å². The van der Waals surface area contributed by atoms with Crippen LogP contribution < -0.4 is 11.1 Å². The number of likely N-dealkylation sites (tertiary alicyclic amines) is 1. The van der Waals surface area contributed by atoms with Crippen molar-refractivity contribution in [1.29, 1.82) is 0 Å². The Labute approximate surface area is 142 Å². The third kappa shape index (κ3) is 5.13. The van der Waals surface area contributed by atoms with E-state index in [9.17, 15) is 4.79 Å². The van der Waals surface area contributed by atoms with Crippen LogP contribution in [0.4, 0.5) is 5.69 Å². The normalized spacial score (nSPS) is 16.5. The van der Waals surface area contributed by atoms with Gasteiger partial charge < -0.3 is 16.0 Å². The predicted octanol–water partition coefficient (Wildman–Crippen LogP) is 3.02. The lowest BCUT2D eigenvalue weighted by Gasteiger charge is -2.31. The highest BCUT2D eigenvalue weighted by Crippen LogP contribution is 2.23. The van der Waals surface area contributed by atoms with Crippen molar-refractivity contribution in [2.24, 2.45) is 16.6 Å². The molecule has 0 aliphatic carbocycles. The maximum absolute atomic E-state index is 12.0. The summed E-state index contributed by atoms with van der Waals surface area (Å²) in [7, 11) is 0. The minimum atomic E-state index is -0.0841. The van der Waals surface area contributed by atoms with Gasteiger partial charge in [0.15, 0.2) is 5.96 Å². The van der Waals surface area contributed by atoms with E-state index in [1.165, 1.54) is 0 Å². The summed E-state index contributed by atoms with van der Waals surface area (Å²) in [6.07, 6.45) is 2.59. The lowest BCUT2D eigenvalue weighted by atomic mass is 10.00. The Kier molecular flexibility index (Phi) is 6.28. The molecule has 0 radical (unpaired) electrons. The lowest BCUT2D eigenvalue weighted by Crippen LogP contribution is -2.42. The molecule has 126 valence electrons. The van der Waals surface area contributed by atoms with Crippen molar-refractivity contribution >= 4 is 29.2 Å². The summed E-state index contributed by atoms with van der Waals surface area (Å²) in [6, 6.07) is 5.46. The molecular weight excluding hydrogens is 312 g/mol. The molecule has 1 amide bonds. The van der Waals surface area contributed by atoms with Crippen molar-refractivity contribution in [2.45, 2.75) is 33.1 Å². The summed E-state index contributed by atoms with van der Waals surface area (Å²) in [4.78, 5) is 18.4. The Bertz CT molecular complexity index is 580. The van der Waals surface area contributed by atoms with E-state index >= 15 is 0 Å². The average molecular weight is 337 g/mol. The average Bonchev–Trinajstić information content (AvgIpc) is 2.52. The van der Waals surface area contributed by atoms with Gasteiger partial charge in [-0.3, -0.25) is 9.79 Å². The minimum Gasteiger partial charge on any atom is -0.370 e. The number of piperidine rings is 1. The molecule has 1 aromatic carbocycles. The second kappa shape index (κ2) is 8.20. The summed E-state index contributed by atoms with van der Waals surface area (Å²) in [5, 5.41) is 3.51. The predicted molar refractivity (Wildman–Crippen MR) is 95.9 cm³/mol. The Morgan fingerprint density at radius 3 is 2.83 bits per heavy atom. The Morgan fingerprint density at radius 1 is 1.43 bits per heavy atom. The minimum absolute atomic E-state index is 0.0841. The maximum Gasteiger partial charge on any atom is 0.226 e. The molecule has 6 heteroatoms. The molecule has 1 aliphatic heterocycles. The van der Waals surface area contributed by atoms with Gasteiger partial charge >= 0.3 is 0 Å². The van der Waals surface area contributed by atoms with Crippen molar-refractivity contribution in [2.75, 3.05) is 25.0 Å². The molecule has 1 saturated heterocycles. The molecule has 5 nitrogen and oxygen atoms in total. The van der Waals surface area contributed by atoms with E-state index in [1.807, 2.05) is 19.1 Å². The number of carbonyl (C=O) groups excluding carboxylic acids is 1. The van der Waals surface area contributed by atoms with Gasteiger partial charge in [-0.1, -0.05) is 24.6 Å². The first-order valence-corrected chi connectivity index (χ1v) is 8.45. The number of guanidine groups is 1. The van der Waals surface area contributed by atoms with Gasteiger partial charge in [-0.2, -0.15) is 0 Å². The second-order valence-electron chi connectivity index (χ2n) is 6.12. The van der Waals surface area contributed by atoms with Crippen LogP contribution in [0.5, 0.6) is 0 Å². The third-order valence-corrected chi connectivity index (χ3v) is 4.67. The first kappa shape index (κ1) is 17.6. The first-order chi connectivity index (χ1) is 11.0. The summed E-state index contributed by atoms with van der Waals surface area (Å²) >= 11 is 6.04. The molecule has 0 bridgehead atoms. The number of nitrogens with zero attached hydrogens (tertiary/aromatic N) is 2. The standard InChI is InChI=1S/C17H25ClN4O/c1-12-7-10-22(11-8-12)17(19)20-9-6-16(23)21-15-5-3-4-14(18)13(15)2/h3-5,12H,6-11H2,1-2H3,(H2,19,20)(H,21,23). The molecule has 1 fully saturated rings.